The minimum Gasteiger partial charge on any atom is -0.399 e. The van der Waals surface area contributed by atoms with Crippen LogP contribution in [0.3, 0.4) is 0 Å². The Morgan fingerprint density at radius 1 is 1.30 bits per heavy atom. The Balaban J connectivity index is 2.96. The van der Waals surface area contributed by atoms with Gasteiger partial charge in [-0.25, -0.2) is 0 Å². The molecule has 0 atom stereocenters. The first-order valence-electron chi connectivity index (χ1n) is 2.67. The predicted octanol–water partition coefficient (Wildman–Crippen LogP) is 1.84. The maximum Gasteiger partial charge on any atom is 0.107 e. The minimum absolute atomic E-state index is 0.194. The highest BCUT2D eigenvalue weighted by Crippen LogP contribution is 2.17. The molecule has 0 spiro atoms. The van der Waals surface area contributed by atoms with Gasteiger partial charge in [0, 0.05) is 5.69 Å². The number of nitrogens with zero attached hydrogens (tertiary/aromatic N) is 1. The third-order valence-electron chi connectivity index (χ3n) is 1.07. The van der Waals surface area contributed by atoms with E-state index >= 15 is 0 Å². The molecule has 4 heteroatoms. The Bertz CT molecular complexity index is 225. The first-order chi connectivity index (χ1) is 4.70. The van der Waals surface area contributed by atoms with Crippen molar-refractivity contribution in [2.24, 2.45) is 0 Å². The number of benzene rings is 1. The smallest absolute Gasteiger partial charge is 0.107 e. The lowest BCUT2D eigenvalue weighted by atomic mass is 10.3. The van der Waals surface area contributed by atoms with Gasteiger partial charge in [-0.1, -0.05) is 15.0 Å². The van der Waals surface area contributed by atoms with E-state index in [4.69, 9.17) is 5.73 Å². The van der Waals surface area contributed by atoms with Crippen molar-refractivity contribution in [3.05, 3.63) is 24.3 Å². The quantitative estimate of drug-likeness (QED) is 0.481. The van der Waals surface area contributed by atoms with E-state index in [9.17, 15) is 8.96 Å². The summed E-state index contributed by atoms with van der Waals surface area (Å²) in [6, 6.07) is 5.49. The van der Waals surface area contributed by atoms with Crippen LogP contribution < -0.4 is 11.1 Å². The van der Waals surface area contributed by atoms with E-state index < -0.39 is 5.34 Å². The molecule has 54 valence electrons. The fourth-order valence-electron chi connectivity index (χ4n) is 0.630. The number of nitrogens with two attached hydrogens (primary N) is 1. The molecule has 0 fully saturated rings. The molecule has 2 nitrogen and oxygen atoms in total. The van der Waals surface area contributed by atoms with Gasteiger partial charge in [-0.3, -0.25) is 0 Å². The maximum atomic E-state index is 11.7. The van der Waals surface area contributed by atoms with Crippen molar-refractivity contribution in [2.45, 2.75) is 0 Å². The standard InChI is InChI=1S/C6H6F2N2/c7-10(8)6-3-1-2-5(9)4-6/h1-4H,9H2. The van der Waals surface area contributed by atoms with Gasteiger partial charge in [-0.05, 0) is 23.5 Å². The maximum absolute atomic E-state index is 11.7. The van der Waals surface area contributed by atoms with E-state index in [1.807, 2.05) is 0 Å². The fraction of sp³-hybridized carbons (Fsp3) is 0. The number of hydrogen-bond donors (Lipinski definition) is 1. The predicted molar refractivity (Wildman–Crippen MR) is 35.5 cm³/mol. The van der Waals surface area contributed by atoms with Crippen molar-refractivity contribution >= 4 is 11.4 Å². The molecule has 1 rings (SSSR count). The van der Waals surface area contributed by atoms with E-state index in [0.717, 1.165) is 0 Å². The minimum atomic E-state index is -0.976. The zero-order valence-electron chi connectivity index (χ0n) is 5.09. The normalized spacial score (nSPS) is 9.40. The molecular formula is C6H6F2N2. The van der Waals surface area contributed by atoms with Gasteiger partial charge in [0.05, 0.1) is 0 Å². The van der Waals surface area contributed by atoms with Crippen LogP contribution in [0.1, 0.15) is 0 Å². The Labute approximate surface area is 56.7 Å². The van der Waals surface area contributed by atoms with Crippen LogP contribution >= 0.6 is 0 Å². The Kier molecular flexibility index (Phi) is 1.71. The summed E-state index contributed by atoms with van der Waals surface area (Å²) in [5.41, 5.74) is 5.37. The van der Waals surface area contributed by atoms with Crippen LogP contribution in [0.5, 0.6) is 0 Å². The van der Waals surface area contributed by atoms with Crippen molar-refractivity contribution in [3.8, 4) is 0 Å². The summed E-state index contributed by atoms with van der Waals surface area (Å²) in [5.74, 6) is 0. The average molecular weight is 144 g/mol. The van der Waals surface area contributed by atoms with Crippen LogP contribution in [0.4, 0.5) is 20.3 Å². The highest BCUT2D eigenvalue weighted by Gasteiger charge is 2.00. The van der Waals surface area contributed by atoms with Gasteiger partial charge in [0.25, 0.3) is 0 Å². The molecule has 1 aromatic rings. The largest absolute Gasteiger partial charge is 0.399 e. The molecule has 0 aromatic heterocycles. The zero-order valence-corrected chi connectivity index (χ0v) is 5.09. The third-order valence-corrected chi connectivity index (χ3v) is 1.07. The summed E-state index contributed by atoms with van der Waals surface area (Å²) in [6.45, 7) is 0. The Morgan fingerprint density at radius 2 is 2.00 bits per heavy atom. The highest BCUT2D eigenvalue weighted by molar-refractivity contribution is 5.52. The topological polar surface area (TPSA) is 29.3 Å². The number of nitrogen functional groups attached to an aromatic ring is 1. The fourth-order valence-corrected chi connectivity index (χ4v) is 0.630. The van der Waals surface area contributed by atoms with E-state index in [0.29, 0.717) is 5.69 Å². The molecule has 0 unspecified atom stereocenters. The lowest BCUT2D eigenvalue weighted by Crippen LogP contribution is -1.96. The number of anilines is 2. The van der Waals surface area contributed by atoms with Crippen molar-refractivity contribution < 1.29 is 8.96 Å². The van der Waals surface area contributed by atoms with Crippen LogP contribution in [-0.2, 0) is 0 Å². The van der Waals surface area contributed by atoms with E-state index in [1.54, 1.807) is 6.07 Å². The van der Waals surface area contributed by atoms with Crippen molar-refractivity contribution in [1.29, 1.82) is 0 Å². The molecule has 2 N–H and O–H groups in total. The molecular weight excluding hydrogens is 138 g/mol. The molecule has 0 aliphatic rings. The summed E-state index contributed by atoms with van der Waals surface area (Å²) in [7, 11) is 0. The second-order valence-electron chi connectivity index (χ2n) is 1.83. The SMILES string of the molecule is Nc1cccc(N(F)F)c1. The van der Waals surface area contributed by atoms with Crippen LogP contribution in [0.25, 0.3) is 0 Å². The summed E-state index contributed by atoms with van der Waals surface area (Å²) >= 11 is 0. The number of hydrogen-bond acceptors (Lipinski definition) is 2. The van der Waals surface area contributed by atoms with Gasteiger partial charge in [0.2, 0.25) is 0 Å². The van der Waals surface area contributed by atoms with Crippen molar-refractivity contribution in [3.63, 3.8) is 0 Å². The number of halogens is 2. The molecule has 0 aliphatic carbocycles. The molecule has 0 bridgehead atoms. The first-order valence-corrected chi connectivity index (χ1v) is 2.67. The highest BCUT2D eigenvalue weighted by atomic mass is 19.4. The van der Waals surface area contributed by atoms with Gasteiger partial charge in [0.15, 0.2) is 0 Å². The average Bonchev–Trinajstić information content (AvgIpc) is 1.88. The summed E-state index contributed by atoms with van der Waals surface area (Å²) in [4.78, 5) is 0. The summed E-state index contributed by atoms with van der Waals surface area (Å²) < 4.78 is 23.4. The number of rotatable bonds is 1. The first kappa shape index (κ1) is 6.80. The third kappa shape index (κ3) is 1.34. The summed E-state index contributed by atoms with van der Waals surface area (Å²) in [5, 5.41) is -0.976. The van der Waals surface area contributed by atoms with Gasteiger partial charge in [0.1, 0.15) is 5.69 Å². The molecule has 0 saturated heterocycles. The van der Waals surface area contributed by atoms with Gasteiger partial charge in [-0.15, -0.1) is 0 Å². The van der Waals surface area contributed by atoms with Gasteiger partial charge >= 0.3 is 0 Å². The summed E-state index contributed by atoms with van der Waals surface area (Å²) in [6.07, 6.45) is 0. The van der Waals surface area contributed by atoms with Crippen LogP contribution in [-0.4, -0.2) is 0 Å². The van der Waals surface area contributed by atoms with Crippen molar-refractivity contribution in [1.82, 2.24) is 0 Å². The Morgan fingerprint density at radius 3 is 2.40 bits per heavy atom. The van der Waals surface area contributed by atoms with Crippen molar-refractivity contribution in [2.75, 3.05) is 11.1 Å². The van der Waals surface area contributed by atoms with Gasteiger partial charge < -0.3 is 5.73 Å². The molecule has 0 radical (unpaired) electrons. The molecule has 0 amide bonds. The van der Waals surface area contributed by atoms with Crippen LogP contribution in [0.15, 0.2) is 24.3 Å². The van der Waals surface area contributed by atoms with Crippen LogP contribution in [0.2, 0.25) is 0 Å². The van der Waals surface area contributed by atoms with Gasteiger partial charge in [-0.2, -0.15) is 0 Å². The Hall–Kier alpha value is -1.32. The molecule has 1 aromatic carbocycles. The molecule has 0 heterocycles. The molecule has 10 heavy (non-hydrogen) atoms. The lowest BCUT2D eigenvalue weighted by molar-refractivity contribution is 0.235. The van der Waals surface area contributed by atoms with Crippen LogP contribution in [0, 0.1) is 0 Å². The second kappa shape index (κ2) is 2.51. The lowest BCUT2D eigenvalue weighted by Gasteiger charge is -2.00. The zero-order chi connectivity index (χ0) is 7.56. The molecule has 0 saturated carbocycles. The second-order valence-corrected chi connectivity index (χ2v) is 1.83. The van der Waals surface area contributed by atoms with E-state index in [-0.39, 0.29) is 5.69 Å². The van der Waals surface area contributed by atoms with E-state index in [1.165, 1.54) is 18.2 Å². The monoisotopic (exact) mass is 144 g/mol. The van der Waals surface area contributed by atoms with E-state index in [2.05, 4.69) is 0 Å². The molecule has 0 aliphatic heterocycles.